The van der Waals surface area contributed by atoms with Gasteiger partial charge in [0.15, 0.2) is 0 Å². The van der Waals surface area contributed by atoms with E-state index in [9.17, 15) is 0 Å². The highest BCUT2D eigenvalue weighted by Gasteiger charge is 1.91. The Morgan fingerprint density at radius 3 is 2.31 bits per heavy atom. The third-order valence-corrected chi connectivity index (χ3v) is 1.66. The second kappa shape index (κ2) is 8.36. The number of methoxy groups -OCH3 is 1. The molecule has 1 rings (SSSR count). The Bertz CT molecular complexity index is 367. The van der Waals surface area contributed by atoms with Crippen molar-refractivity contribution < 1.29 is 4.74 Å². The van der Waals surface area contributed by atoms with E-state index >= 15 is 0 Å². The van der Waals surface area contributed by atoms with E-state index in [1.807, 2.05) is 37.3 Å². The van der Waals surface area contributed by atoms with Gasteiger partial charge in [0.1, 0.15) is 5.75 Å². The number of hydrogen-bond donors (Lipinski definition) is 1. The zero-order chi connectivity index (χ0) is 12.4. The van der Waals surface area contributed by atoms with Crippen LogP contribution in [0.4, 0.5) is 5.69 Å². The highest BCUT2D eigenvalue weighted by atomic mass is 16.5. The van der Waals surface area contributed by atoms with Crippen LogP contribution in [0.5, 0.6) is 5.75 Å². The SMILES string of the molecule is C=C/C=C\C(=C)C.COc1ccccc1N. The zero-order valence-electron chi connectivity index (χ0n) is 9.94. The number of hydrogen-bond acceptors (Lipinski definition) is 2. The Morgan fingerprint density at radius 2 is 2.00 bits per heavy atom. The molecule has 0 unspecified atom stereocenters. The lowest BCUT2D eigenvalue weighted by Crippen LogP contribution is -1.89. The van der Waals surface area contributed by atoms with Gasteiger partial charge in [-0.1, -0.05) is 49.1 Å². The smallest absolute Gasteiger partial charge is 0.141 e. The molecule has 0 heterocycles. The molecule has 0 aliphatic rings. The van der Waals surface area contributed by atoms with E-state index in [-0.39, 0.29) is 0 Å². The van der Waals surface area contributed by atoms with Crippen molar-refractivity contribution in [2.24, 2.45) is 0 Å². The number of ether oxygens (including phenoxy) is 1. The standard InChI is InChI=1S/C7H9NO.C7H10/c1-9-7-5-3-2-4-6(7)8;1-4-5-6-7(2)3/h2-5H,8H2,1H3;4-6H,1-2H2,3H3/b;6-5-. The summed E-state index contributed by atoms with van der Waals surface area (Å²) < 4.78 is 4.92. The number of nitrogens with two attached hydrogens (primary N) is 1. The molecule has 1 aromatic carbocycles. The number of benzene rings is 1. The van der Waals surface area contributed by atoms with Gasteiger partial charge >= 0.3 is 0 Å². The molecule has 2 N–H and O–H groups in total. The van der Waals surface area contributed by atoms with Crippen molar-refractivity contribution >= 4 is 5.69 Å². The van der Waals surface area contributed by atoms with Crippen LogP contribution >= 0.6 is 0 Å². The minimum Gasteiger partial charge on any atom is -0.495 e. The molecule has 2 nitrogen and oxygen atoms in total. The number of rotatable bonds is 3. The van der Waals surface area contributed by atoms with Crippen LogP contribution in [0.2, 0.25) is 0 Å². The summed E-state index contributed by atoms with van der Waals surface area (Å²) in [6, 6.07) is 7.39. The molecular formula is C14H19NO. The van der Waals surface area contributed by atoms with Gasteiger partial charge in [0, 0.05) is 0 Å². The first-order chi connectivity index (χ1) is 7.61. The maximum atomic E-state index is 5.51. The third-order valence-electron chi connectivity index (χ3n) is 1.66. The summed E-state index contributed by atoms with van der Waals surface area (Å²) in [5.41, 5.74) is 7.24. The van der Waals surface area contributed by atoms with Crippen LogP contribution < -0.4 is 10.5 Å². The van der Waals surface area contributed by atoms with Crippen LogP contribution in [0.15, 0.2) is 61.2 Å². The summed E-state index contributed by atoms with van der Waals surface area (Å²) >= 11 is 0. The van der Waals surface area contributed by atoms with Crippen molar-refractivity contribution in [1.82, 2.24) is 0 Å². The minimum absolute atomic E-state index is 0.681. The molecule has 0 saturated heterocycles. The summed E-state index contributed by atoms with van der Waals surface area (Å²) in [5, 5.41) is 0. The minimum atomic E-state index is 0.681. The van der Waals surface area contributed by atoms with Crippen molar-refractivity contribution in [3.63, 3.8) is 0 Å². The predicted octanol–water partition coefficient (Wildman–Crippen LogP) is 3.58. The second-order valence-corrected chi connectivity index (χ2v) is 3.18. The van der Waals surface area contributed by atoms with Crippen molar-refractivity contribution in [2.75, 3.05) is 12.8 Å². The molecule has 0 aliphatic carbocycles. The van der Waals surface area contributed by atoms with Gasteiger partial charge in [-0.3, -0.25) is 0 Å². The molecule has 0 amide bonds. The van der Waals surface area contributed by atoms with Gasteiger partial charge in [-0.25, -0.2) is 0 Å². The van der Waals surface area contributed by atoms with E-state index in [1.54, 1.807) is 19.3 Å². The summed E-state index contributed by atoms with van der Waals surface area (Å²) in [6.07, 6.45) is 5.50. The van der Waals surface area contributed by atoms with Crippen LogP contribution in [0, 0.1) is 0 Å². The van der Waals surface area contributed by atoms with Crippen LogP contribution in [-0.2, 0) is 0 Å². The van der Waals surface area contributed by atoms with Crippen molar-refractivity contribution in [3.8, 4) is 5.75 Å². The van der Waals surface area contributed by atoms with Crippen LogP contribution in [-0.4, -0.2) is 7.11 Å². The first-order valence-electron chi connectivity index (χ1n) is 4.95. The van der Waals surface area contributed by atoms with E-state index in [0.29, 0.717) is 5.69 Å². The largest absolute Gasteiger partial charge is 0.495 e. The Morgan fingerprint density at radius 1 is 1.38 bits per heavy atom. The van der Waals surface area contributed by atoms with E-state index in [2.05, 4.69) is 13.2 Å². The molecule has 2 heteroatoms. The lowest BCUT2D eigenvalue weighted by Gasteiger charge is -2.00. The average Bonchev–Trinajstić information content (AvgIpc) is 2.28. The Kier molecular flexibility index (Phi) is 7.33. The van der Waals surface area contributed by atoms with Crippen molar-refractivity contribution in [2.45, 2.75) is 6.92 Å². The molecule has 0 aromatic heterocycles. The Balaban J connectivity index is 0.000000293. The predicted molar refractivity (Wildman–Crippen MR) is 71.6 cm³/mol. The van der Waals surface area contributed by atoms with Crippen LogP contribution in [0.3, 0.4) is 0 Å². The monoisotopic (exact) mass is 217 g/mol. The summed E-state index contributed by atoms with van der Waals surface area (Å²) in [5.74, 6) is 0.734. The number of allylic oxidation sites excluding steroid dienone is 4. The van der Waals surface area contributed by atoms with E-state index in [0.717, 1.165) is 11.3 Å². The molecule has 0 radical (unpaired) electrons. The van der Waals surface area contributed by atoms with Crippen molar-refractivity contribution in [3.05, 3.63) is 61.2 Å². The average molecular weight is 217 g/mol. The van der Waals surface area contributed by atoms with Gasteiger partial charge < -0.3 is 10.5 Å². The molecule has 0 aliphatic heterocycles. The van der Waals surface area contributed by atoms with Gasteiger partial charge in [0.25, 0.3) is 0 Å². The molecule has 0 atom stereocenters. The maximum absolute atomic E-state index is 5.51. The number of para-hydroxylation sites is 2. The first-order valence-corrected chi connectivity index (χ1v) is 4.95. The molecule has 16 heavy (non-hydrogen) atoms. The molecule has 0 bridgehead atoms. The zero-order valence-corrected chi connectivity index (χ0v) is 9.94. The third kappa shape index (κ3) is 6.49. The maximum Gasteiger partial charge on any atom is 0.141 e. The van der Waals surface area contributed by atoms with Gasteiger partial charge in [-0.2, -0.15) is 0 Å². The summed E-state index contributed by atoms with van der Waals surface area (Å²) in [7, 11) is 1.60. The molecular weight excluding hydrogens is 198 g/mol. The van der Waals surface area contributed by atoms with Crippen LogP contribution in [0.1, 0.15) is 6.92 Å². The lowest BCUT2D eigenvalue weighted by atomic mass is 10.3. The lowest BCUT2D eigenvalue weighted by molar-refractivity contribution is 0.417. The van der Waals surface area contributed by atoms with Crippen molar-refractivity contribution in [1.29, 1.82) is 0 Å². The molecule has 0 fully saturated rings. The molecule has 0 spiro atoms. The fraction of sp³-hybridized carbons (Fsp3) is 0.143. The highest BCUT2D eigenvalue weighted by Crippen LogP contribution is 2.18. The number of anilines is 1. The Hall–Kier alpha value is -1.96. The van der Waals surface area contributed by atoms with Gasteiger partial charge in [0.05, 0.1) is 12.8 Å². The van der Waals surface area contributed by atoms with E-state index in [4.69, 9.17) is 10.5 Å². The first kappa shape index (κ1) is 14.0. The normalized spacial score (nSPS) is 9.12. The van der Waals surface area contributed by atoms with Crippen LogP contribution in [0.25, 0.3) is 0 Å². The summed E-state index contributed by atoms with van der Waals surface area (Å²) in [4.78, 5) is 0. The van der Waals surface area contributed by atoms with Gasteiger partial charge in [-0.15, -0.1) is 0 Å². The van der Waals surface area contributed by atoms with E-state index < -0.39 is 0 Å². The summed E-state index contributed by atoms with van der Waals surface area (Å²) in [6.45, 7) is 9.11. The highest BCUT2D eigenvalue weighted by molar-refractivity contribution is 5.51. The molecule has 1 aromatic rings. The van der Waals surface area contributed by atoms with Gasteiger partial charge in [0.2, 0.25) is 0 Å². The Labute approximate surface area is 97.7 Å². The molecule has 0 saturated carbocycles. The second-order valence-electron chi connectivity index (χ2n) is 3.18. The van der Waals surface area contributed by atoms with Gasteiger partial charge in [-0.05, 0) is 19.1 Å². The molecule has 86 valence electrons. The number of nitrogen functional groups attached to an aromatic ring is 1. The quantitative estimate of drug-likeness (QED) is 0.620. The fourth-order valence-electron chi connectivity index (χ4n) is 0.899. The van der Waals surface area contributed by atoms with E-state index in [1.165, 1.54) is 0 Å². The topological polar surface area (TPSA) is 35.2 Å². The fourth-order valence-corrected chi connectivity index (χ4v) is 0.899.